The third-order valence-electron chi connectivity index (χ3n) is 6.40. The highest BCUT2D eigenvalue weighted by molar-refractivity contribution is 6.03. The molecule has 0 atom stereocenters. The summed E-state index contributed by atoms with van der Waals surface area (Å²) < 4.78 is 12.4. The van der Waals surface area contributed by atoms with Gasteiger partial charge in [0.25, 0.3) is 5.91 Å². The maximum Gasteiger partial charge on any atom is 0.332 e. The van der Waals surface area contributed by atoms with Crippen LogP contribution in [-0.4, -0.2) is 64.7 Å². The minimum Gasteiger partial charge on any atom is -0.495 e. The molecular formula is C29H35N7O5. The molecule has 0 bridgehead atoms. The van der Waals surface area contributed by atoms with Crippen molar-refractivity contribution in [3.8, 4) is 28.6 Å². The Kier molecular flexibility index (Phi) is 10.1. The van der Waals surface area contributed by atoms with Crippen molar-refractivity contribution in [1.82, 2.24) is 30.2 Å². The van der Waals surface area contributed by atoms with Crippen LogP contribution in [0, 0.1) is 0 Å². The van der Waals surface area contributed by atoms with Crippen molar-refractivity contribution in [2.24, 2.45) is 5.73 Å². The molecule has 41 heavy (non-hydrogen) atoms. The van der Waals surface area contributed by atoms with E-state index in [9.17, 15) is 14.4 Å². The lowest BCUT2D eigenvalue weighted by molar-refractivity contribution is -0.119. The van der Waals surface area contributed by atoms with Crippen molar-refractivity contribution < 1.29 is 19.1 Å². The van der Waals surface area contributed by atoms with Gasteiger partial charge in [0.2, 0.25) is 5.91 Å². The largest absolute Gasteiger partial charge is 0.495 e. The van der Waals surface area contributed by atoms with E-state index in [1.165, 1.54) is 11.7 Å². The van der Waals surface area contributed by atoms with E-state index in [4.69, 9.17) is 20.2 Å². The average Bonchev–Trinajstić information content (AvgIpc) is 3.33. The number of nitrogens with one attached hydrogen (secondary N) is 3. The second kappa shape index (κ2) is 14.1. The Balaban J connectivity index is 1.61. The number of carbonyl (C=O) groups excluding carboxylic acids is 2. The Hall–Kier alpha value is -4.71. The van der Waals surface area contributed by atoms with Crippen LogP contribution in [0.25, 0.3) is 28.2 Å². The molecule has 0 aliphatic heterocycles. The molecule has 12 nitrogen and oxygen atoms in total. The molecule has 2 aromatic heterocycles. The molecule has 0 fully saturated rings. The lowest BCUT2D eigenvalue weighted by Gasteiger charge is -2.11. The highest BCUT2D eigenvalue weighted by Crippen LogP contribution is 2.27. The Morgan fingerprint density at radius 1 is 0.976 bits per heavy atom. The van der Waals surface area contributed by atoms with Gasteiger partial charge in [0, 0.05) is 18.7 Å². The van der Waals surface area contributed by atoms with E-state index in [-0.39, 0.29) is 35.1 Å². The molecule has 4 rings (SSSR count). The zero-order valence-electron chi connectivity index (χ0n) is 23.2. The minimum atomic E-state index is -0.474. The fourth-order valence-corrected chi connectivity index (χ4v) is 4.37. The Bertz CT molecular complexity index is 1550. The molecule has 2 amide bonds. The van der Waals surface area contributed by atoms with Gasteiger partial charge in [0.15, 0.2) is 17.2 Å². The second-order valence-electron chi connectivity index (χ2n) is 9.21. The van der Waals surface area contributed by atoms with Crippen molar-refractivity contribution in [3.05, 3.63) is 64.7 Å². The van der Waals surface area contributed by atoms with Crippen molar-refractivity contribution in [2.75, 3.05) is 33.4 Å². The topological polar surface area (TPSA) is 166 Å². The molecule has 12 heteroatoms. The summed E-state index contributed by atoms with van der Waals surface area (Å²) in [5, 5.41) is 5.65. The molecule has 0 spiro atoms. The maximum absolute atomic E-state index is 13.4. The SMILES string of the molecule is CCOc1ccc(-c2nc(C(=O)NCCCCCCNC(=O)CN)c3[nH]c(=O)n(-c4ccccc4OC)c3n2)cc1. The predicted octanol–water partition coefficient (Wildman–Crippen LogP) is 2.55. The van der Waals surface area contributed by atoms with Crippen LogP contribution in [-0.2, 0) is 4.79 Å². The normalized spacial score (nSPS) is 10.9. The van der Waals surface area contributed by atoms with Crippen LogP contribution in [0.5, 0.6) is 11.5 Å². The van der Waals surface area contributed by atoms with Gasteiger partial charge < -0.3 is 30.8 Å². The minimum absolute atomic E-state index is 0.0177. The van der Waals surface area contributed by atoms with Crippen LogP contribution < -0.4 is 31.5 Å². The van der Waals surface area contributed by atoms with Crippen molar-refractivity contribution in [1.29, 1.82) is 0 Å². The molecule has 5 N–H and O–H groups in total. The molecule has 0 saturated heterocycles. The van der Waals surface area contributed by atoms with Gasteiger partial charge in [-0.25, -0.2) is 19.3 Å². The van der Waals surface area contributed by atoms with E-state index in [1.54, 1.807) is 36.4 Å². The third-order valence-corrected chi connectivity index (χ3v) is 6.40. The second-order valence-corrected chi connectivity index (χ2v) is 9.21. The third kappa shape index (κ3) is 7.09. The number of amides is 2. The molecule has 2 aromatic carbocycles. The fourth-order valence-electron chi connectivity index (χ4n) is 4.37. The van der Waals surface area contributed by atoms with E-state index in [1.807, 2.05) is 19.1 Å². The lowest BCUT2D eigenvalue weighted by Crippen LogP contribution is -2.30. The summed E-state index contributed by atoms with van der Waals surface area (Å²) in [6.45, 7) is 3.42. The van der Waals surface area contributed by atoms with Crippen molar-refractivity contribution >= 4 is 23.0 Å². The van der Waals surface area contributed by atoms with Crippen LogP contribution in [0.1, 0.15) is 43.1 Å². The highest BCUT2D eigenvalue weighted by Gasteiger charge is 2.22. The van der Waals surface area contributed by atoms with E-state index in [0.717, 1.165) is 25.7 Å². The van der Waals surface area contributed by atoms with Crippen molar-refractivity contribution in [2.45, 2.75) is 32.6 Å². The number of rotatable bonds is 14. The lowest BCUT2D eigenvalue weighted by atomic mass is 10.2. The number of carbonyl (C=O) groups is 2. The molecule has 0 radical (unpaired) electrons. The first-order chi connectivity index (χ1) is 20.0. The van der Waals surface area contributed by atoms with E-state index >= 15 is 0 Å². The number of methoxy groups -OCH3 is 1. The predicted molar refractivity (Wildman–Crippen MR) is 156 cm³/mol. The van der Waals surface area contributed by atoms with E-state index in [0.29, 0.717) is 42.4 Å². The van der Waals surface area contributed by atoms with Gasteiger partial charge in [-0.05, 0) is 56.2 Å². The number of aromatic amines is 1. The van der Waals surface area contributed by atoms with Gasteiger partial charge in [-0.15, -0.1) is 0 Å². The Morgan fingerprint density at radius 3 is 2.37 bits per heavy atom. The van der Waals surface area contributed by atoms with Crippen molar-refractivity contribution in [3.63, 3.8) is 0 Å². The number of unbranched alkanes of at least 4 members (excludes halogenated alkanes) is 3. The quantitative estimate of drug-likeness (QED) is 0.170. The summed E-state index contributed by atoms with van der Waals surface area (Å²) in [6, 6.07) is 14.3. The van der Waals surface area contributed by atoms with Crippen LogP contribution in [0.3, 0.4) is 0 Å². The summed E-state index contributed by atoms with van der Waals surface area (Å²) >= 11 is 0. The number of hydrogen-bond donors (Lipinski definition) is 4. The van der Waals surface area contributed by atoms with Gasteiger partial charge in [-0.2, -0.15) is 0 Å². The zero-order chi connectivity index (χ0) is 29.2. The summed E-state index contributed by atoms with van der Waals surface area (Å²) in [5.74, 6) is 0.867. The van der Waals surface area contributed by atoms with Crippen LogP contribution in [0.4, 0.5) is 0 Å². The number of fused-ring (bicyclic) bond motifs is 1. The molecule has 0 saturated carbocycles. The maximum atomic E-state index is 13.4. The van der Waals surface area contributed by atoms with Gasteiger partial charge in [0.1, 0.15) is 17.0 Å². The number of ether oxygens (including phenoxy) is 2. The number of hydrogen-bond acceptors (Lipinski definition) is 8. The summed E-state index contributed by atoms with van der Waals surface area (Å²) in [7, 11) is 1.52. The number of benzene rings is 2. The average molecular weight is 562 g/mol. The number of aromatic nitrogens is 4. The summed E-state index contributed by atoms with van der Waals surface area (Å²) in [5.41, 5.74) is 6.49. The molecule has 0 aliphatic carbocycles. The first kappa shape index (κ1) is 29.3. The van der Waals surface area contributed by atoms with Crippen LogP contribution in [0.15, 0.2) is 53.3 Å². The summed E-state index contributed by atoms with van der Waals surface area (Å²) in [4.78, 5) is 49.8. The van der Waals surface area contributed by atoms with Crippen LogP contribution in [0.2, 0.25) is 0 Å². The fraction of sp³-hybridized carbons (Fsp3) is 0.345. The number of para-hydroxylation sites is 2. The molecule has 0 unspecified atom stereocenters. The zero-order valence-corrected chi connectivity index (χ0v) is 23.2. The molecule has 2 heterocycles. The van der Waals surface area contributed by atoms with Gasteiger partial charge >= 0.3 is 5.69 Å². The van der Waals surface area contributed by atoms with Gasteiger partial charge in [-0.1, -0.05) is 25.0 Å². The molecular weight excluding hydrogens is 526 g/mol. The Labute approximate surface area is 237 Å². The smallest absolute Gasteiger partial charge is 0.332 e. The van der Waals surface area contributed by atoms with E-state index in [2.05, 4.69) is 20.6 Å². The van der Waals surface area contributed by atoms with Crippen LogP contribution >= 0.6 is 0 Å². The Morgan fingerprint density at radius 2 is 1.68 bits per heavy atom. The molecule has 4 aromatic rings. The molecule has 216 valence electrons. The van der Waals surface area contributed by atoms with Gasteiger partial charge in [0.05, 0.1) is 25.9 Å². The first-order valence-electron chi connectivity index (χ1n) is 13.6. The molecule has 0 aliphatic rings. The standard InChI is InChI=1S/C29H35N7O5/c1-3-41-20-14-12-19(13-15-20)26-33-25(28(38)32-17-9-5-4-8-16-31-23(37)18-30)24-27(35-26)36(29(39)34-24)21-10-6-7-11-22(21)40-2/h6-7,10-15H,3-5,8-9,16-18,30H2,1-2H3,(H,31,37)(H,32,38)(H,34,39). The van der Waals surface area contributed by atoms with Gasteiger partial charge in [-0.3, -0.25) is 9.59 Å². The first-order valence-corrected chi connectivity index (χ1v) is 13.6. The number of H-pyrrole nitrogens is 1. The number of imidazole rings is 1. The summed E-state index contributed by atoms with van der Waals surface area (Å²) in [6.07, 6.45) is 3.34. The number of nitrogens with zero attached hydrogens (tertiary/aromatic N) is 3. The van der Waals surface area contributed by atoms with E-state index < -0.39 is 11.6 Å². The monoisotopic (exact) mass is 561 g/mol. The number of nitrogens with two attached hydrogens (primary N) is 1. The highest BCUT2D eigenvalue weighted by atomic mass is 16.5.